The first-order valence-corrected chi connectivity index (χ1v) is 6.39. The van der Waals surface area contributed by atoms with Gasteiger partial charge in [0.15, 0.2) is 5.65 Å². The fourth-order valence-corrected chi connectivity index (χ4v) is 1.72. The number of hydrogen-bond acceptors (Lipinski definition) is 6. The maximum Gasteiger partial charge on any atom is 0.250 e. The highest BCUT2D eigenvalue weighted by molar-refractivity contribution is 5.77. The van der Waals surface area contributed by atoms with Crippen molar-refractivity contribution in [3.63, 3.8) is 0 Å². The zero-order valence-corrected chi connectivity index (χ0v) is 11.0. The van der Waals surface area contributed by atoms with Crippen LogP contribution in [-0.4, -0.2) is 31.5 Å². The van der Waals surface area contributed by atoms with Crippen molar-refractivity contribution in [1.82, 2.24) is 24.9 Å². The number of nitrogens with zero attached hydrogens (tertiary/aromatic N) is 4. The predicted molar refractivity (Wildman–Crippen MR) is 74.8 cm³/mol. The molecule has 0 bridgehead atoms. The molecule has 3 heterocycles. The molecule has 0 spiro atoms. The van der Waals surface area contributed by atoms with Gasteiger partial charge in [-0.3, -0.25) is 4.98 Å². The Bertz CT molecular complexity index is 696. The van der Waals surface area contributed by atoms with E-state index in [1.165, 1.54) is 0 Å². The van der Waals surface area contributed by atoms with E-state index in [0.29, 0.717) is 28.7 Å². The summed E-state index contributed by atoms with van der Waals surface area (Å²) < 4.78 is 5.75. The molecule has 0 saturated heterocycles. The minimum Gasteiger partial charge on any atom is -0.435 e. The summed E-state index contributed by atoms with van der Waals surface area (Å²) in [7, 11) is 0. The Hall–Kier alpha value is -2.70. The number of pyridine rings is 1. The van der Waals surface area contributed by atoms with Gasteiger partial charge in [0.05, 0.1) is 12.5 Å². The molecule has 0 amide bonds. The van der Waals surface area contributed by atoms with E-state index in [-0.39, 0.29) is 0 Å². The summed E-state index contributed by atoms with van der Waals surface area (Å²) in [5.74, 6) is 1.55. The van der Waals surface area contributed by atoms with Gasteiger partial charge in [0, 0.05) is 12.7 Å². The van der Waals surface area contributed by atoms with Crippen molar-refractivity contribution in [3.8, 4) is 11.6 Å². The summed E-state index contributed by atoms with van der Waals surface area (Å²) in [6, 6.07) is 3.62. The number of aromatic amines is 1. The van der Waals surface area contributed by atoms with Gasteiger partial charge in [-0.25, -0.2) is 4.98 Å². The molecule has 3 aromatic rings. The predicted octanol–water partition coefficient (Wildman–Crippen LogP) is 2.36. The number of anilines is 1. The van der Waals surface area contributed by atoms with E-state index < -0.39 is 0 Å². The van der Waals surface area contributed by atoms with Crippen molar-refractivity contribution in [2.24, 2.45) is 0 Å². The van der Waals surface area contributed by atoms with Crippen LogP contribution in [0.4, 0.5) is 5.95 Å². The zero-order valence-electron chi connectivity index (χ0n) is 11.0. The maximum absolute atomic E-state index is 5.75. The van der Waals surface area contributed by atoms with E-state index >= 15 is 0 Å². The molecule has 20 heavy (non-hydrogen) atoms. The monoisotopic (exact) mass is 270 g/mol. The van der Waals surface area contributed by atoms with E-state index in [1.54, 1.807) is 24.8 Å². The van der Waals surface area contributed by atoms with Crippen LogP contribution in [0.5, 0.6) is 11.6 Å². The standard InChI is InChI=1S/C13H14N6O/c1-2-5-15-13-18-11-10(16-8-17-11)12(19-13)20-9-4-3-6-14-7-9/h3-4,6-8H,2,5H2,1H3,(H2,15,16,17,18,19). The average Bonchev–Trinajstić information content (AvgIpc) is 2.95. The number of rotatable bonds is 5. The number of ether oxygens (including phenoxy) is 1. The van der Waals surface area contributed by atoms with E-state index in [1.807, 2.05) is 6.07 Å². The van der Waals surface area contributed by atoms with Crippen LogP contribution in [0.2, 0.25) is 0 Å². The molecule has 0 aliphatic carbocycles. The molecule has 7 heteroatoms. The van der Waals surface area contributed by atoms with Crippen LogP contribution in [0, 0.1) is 0 Å². The van der Waals surface area contributed by atoms with Crippen LogP contribution in [0.1, 0.15) is 13.3 Å². The number of nitrogens with one attached hydrogen (secondary N) is 2. The largest absolute Gasteiger partial charge is 0.435 e. The van der Waals surface area contributed by atoms with Gasteiger partial charge in [0.25, 0.3) is 5.88 Å². The fourth-order valence-electron chi connectivity index (χ4n) is 1.72. The van der Waals surface area contributed by atoms with Crippen molar-refractivity contribution in [2.45, 2.75) is 13.3 Å². The van der Waals surface area contributed by atoms with E-state index in [2.05, 4.69) is 37.2 Å². The highest BCUT2D eigenvalue weighted by atomic mass is 16.5. The van der Waals surface area contributed by atoms with Crippen LogP contribution in [0.15, 0.2) is 30.9 Å². The lowest BCUT2D eigenvalue weighted by atomic mass is 10.4. The first-order valence-electron chi connectivity index (χ1n) is 6.39. The second-order valence-corrected chi connectivity index (χ2v) is 4.17. The number of fused-ring (bicyclic) bond motifs is 1. The van der Waals surface area contributed by atoms with Crippen LogP contribution < -0.4 is 10.1 Å². The van der Waals surface area contributed by atoms with Gasteiger partial charge in [-0.15, -0.1) is 0 Å². The normalized spacial score (nSPS) is 10.7. The summed E-state index contributed by atoms with van der Waals surface area (Å²) in [5, 5.41) is 3.13. The molecule has 3 aromatic heterocycles. The molecular formula is C13H14N6O. The molecule has 2 N–H and O–H groups in total. The zero-order chi connectivity index (χ0) is 13.8. The van der Waals surface area contributed by atoms with Gasteiger partial charge in [0.2, 0.25) is 5.95 Å². The van der Waals surface area contributed by atoms with Crippen LogP contribution in [-0.2, 0) is 0 Å². The SMILES string of the molecule is CCCNc1nc(Oc2cccnc2)c2[nH]cnc2n1. The molecular weight excluding hydrogens is 256 g/mol. The second-order valence-electron chi connectivity index (χ2n) is 4.17. The molecule has 0 unspecified atom stereocenters. The van der Waals surface area contributed by atoms with Crippen LogP contribution in [0.25, 0.3) is 11.2 Å². The number of hydrogen-bond donors (Lipinski definition) is 2. The lowest BCUT2D eigenvalue weighted by Crippen LogP contribution is -2.05. The van der Waals surface area contributed by atoms with Gasteiger partial charge in [-0.1, -0.05) is 6.92 Å². The molecule has 0 aliphatic rings. The van der Waals surface area contributed by atoms with Crippen LogP contribution >= 0.6 is 0 Å². The van der Waals surface area contributed by atoms with Gasteiger partial charge in [0.1, 0.15) is 11.3 Å². The fraction of sp³-hybridized carbons (Fsp3) is 0.231. The third-order valence-electron chi connectivity index (χ3n) is 2.63. The Morgan fingerprint density at radius 2 is 2.30 bits per heavy atom. The molecule has 102 valence electrons. The number of imidazole rings is 1. The van der Waals surface area contributed by atoms with E-state index in [4.69, 9.17) is 4.74 Å². The first-order chi connectivity index (χ1) is 9.86. The Kier molecular flexibility index (Phi) is 3.40. The summed E-state index contributed by atoms with van der Waals surface area (Å²) in [5.41, 5.74) is 1.23. The average molecular weight is 270 g/mol. The lowest BCUT2D eigenvalue weighted by molar-refractivity contribution is 0.465. The summed E-state index contributed by atoms with van der Waals surface area (Å²) in [6.45, 7) is 2.87. The molecule has 0 saturated carbocycles. The van der Waals surface area contributed by atoms with Gasteiger partial charge in [-0.05, 0) is 18.6 Å². The molecule has 0 atom stereocenters. The molecule has 3 rings (SSSR count). The van der Waals surface area contributed by atoms with Gasteiger partial charge in [-0.2, -0.15) is 9.97 Å². The molecule has 0 radical (unpaired) electrons. The minimum atomic E-state index is 0.430. The quantitative estimate of drug-likeness (QED) is 0.740. The van der Waals surface area contributed by atoms with E-state index in [9.17, 15) is 0 Å². The molecule has 0 fully saturated rings. The highest BCUT2D eigenvalue weighted by Gasteiger charge is 2.11. The third kappa shape index (κ3) is 2.51. The Morgan fingerprint density at radius 3 is 3.10 bits per heavy atom. The second kappa shape index (κ2) is 5.52. The molecule has 0 aliphatic heterocycles. The topological polar surface area (TPSA) is 88.6 Å². The minimum absolute atomic E-state index is 0.430. The third-order valence-corrected chi connectivity index (χ3v) is 2.63. The molecule has 0 aromatic carbocycles. The summed E-state index contributed by atoms with van der Waals surface area (Å²) in [4.78, 5) is 19.8. The van der Waals surface area contributed by atoms with E-state index in [0.717, 1.165) is 13.0 Å². The number of aromatic nitrogens is 5. The van der Waals surface area contributed by atoms with Gasteiger partial charge >= 0.3 is 0 Å². The highest BCUT2D eigenvalue weighted by Crippen LogP contribution is 2.25. The van der Waals surface area contributed by atoms with Crippen molar-refractivity contribution >= 4 is 17.1 Å². The van der Waals surface area contributed by atoms with Crippen molar-refractivity contribution in [2.75, 3.05) is 11.9 Å². The Labute approximate surface area is 115 Å². The molecule has 7 nitrogen and oxygen atoms in total. The van der Waals surface area contributed by atoms with Crippen molar-refractivity contribution < 1.29 is 4.74 Å². The first kappa shape index (κ1) is 12.3. The van der Waals surface area contributed by atoms with Gasteiger partial charge < -0.3 is 15.0 Å². The summed E-state index contributed by atoms with van der Waals surface area (Å²) in [6.07, 6.45) is 5.87. The number of H-pyrrole nitrogens is 1. The van der Waals surface area contributed by atoms with Crippen molar-refractivity contribution in [3.05, 3.63) is 30.9 Å². The summed E-state index contributed by atoms with van der Waals surface area (Å²) >= 11 is 0. The smallest absolute Gasteiger partial charge is 0.250 e. The maximum atomic E-state index is 5.75. The van der Waals surface area contributed by atoms with Crippen molar-refractivity contribution in [1.29, 1.82) is 0 Å². The Balaban J connectivity index is 1.97. The Morgan fingerprint density at radius 1 is 1.35 bits per heavy atom. The lowest BCUT2D eigenvalue weighted by Gasteiger charge is -2.07. The van der Waals surface area contributed by atoms with Crippen LogP contribution in [0.3, 0.4) is 0 Å².